The zero-order valence-electron chi connectivity index (χ0n) is 13.9. The Labute approximate surface area is 136 Å². The second-order valence-electron chi connectivity index (χ2n) is 7.03. The summed E-state index contributed by atoms with van der Waals surface area (Å²) in [6, 6.07) is 7.18. The van der Waals surface area contributed by atoms with E-state index in [1.165, 1.54) is 36.9 Å². The molecule has 1 saturated heterocycles. The van der Waals surface area contributed by atoms with Crippen molar-refractivity contribution in [1.82, 2.24) is 5.32 Å². The Bertz CT molecular complexity index is 433. The van der Waals surface area contributed by atoms with Gasteiger partial charge in [-0.05, 0) is 49.8 Å². The molecule has 1 aromatic rings. The number of ether oxygens (including phenoxy) is 1. The summed E-state index contributed by atoms with van der Waals surface area (Å²) >= 11 is 0. The molecule has 21 heavy (non-hydrogen) atoms. The summed E-state index contributed by atoms with van der Waals surface area (Å²) < 4.78 is 6.08. The van der Waals surface area contributed by atoms with Crippen molar-refractivity contribution in [3.05, 3.63) is 29.3 Å². The summed E-state index contributed by atoms with van der Waals surface area (Å²) in [5.41, 5.74) is 2.75. The van der Waals surface area contributed by atoms with E-state index in [2.05, 4.69) is 51.2 Å². The van der Waals surface area contributed by atoms with Gasteiger partial charge in [0.2, 0.25) is 0 Å². The lowest BCUT2D eigenvalue weighted by Gasteiger charge is -2.25. The molecule has 1 unspecified atom stereocenters. The van der Waals surface area contributed by atoms with Gasteiger partial charge in [0.05, 0.1) is 6.61 Å². The molecule has 0 saturated carbocycles. The number of nitrogens with one attached hydrogen (secondary N) is 1. The highest BCUT2D eigenvalue weighted by Crippen LogP contribution is 2.32. The van der Waals surface area contributed by atoms with Gasteiger partial charge in [-0.3, -0.25) is 0 Å². The maximum absolute atomic E-state index is 6.08. The molecule has 1 fully saturated rings. The van der Waals surface area contributed by atoms with Crippen LogP contribution in [0.3, 0.4) is 0 Å². The van der Waals surface area contributed by atoms with Gasteiger partial charge in [-0.25, -0.2) is 0 Å². The minimum atomic E-state index is 0. The average Bonchev–Trinajstić information content (AvgIpc) is 2.40. The van der Waals surface area contributed by atoms with E-state index >= 15 is 0 Å². The number of benzene rings is 1. The van der Waals surface area contributed by atoms with Crippen molar-refractivity contribution in [2.45, 2.75) is 64.8 Å². The molecular formula is C18H30ClNO. The van der Waals surface area contributed by atoms with Crippen molar-refractivity contribution in [2.75, 3.05) is 13.2 Å². The monoisotopic (exact) mass is 311 g/mol. The molecule has 1 heterocycles. The maximum atomic E-state index is 6.08. The Balaban J connectivity index is 0.00000220. The van der Waals surface area contributed by atoms with Crippen molar-refractivity contribution in [1.29, 1.82) is 0 Å². The predicted octanol–water partition coefficient (Wildman–Crippen LogP) is 4.63. The number of halogens is 1. The lowest BCUT2D eigenvalue weighted by molar-refractivity contribution is 0.263. The Morgan fingerprint density at radius 2 is 2.00 bits per heavy atom. The Morgan fingerprint density at radius 3 is 2.62 bits per heavy atom. The van der Waals surface area contributed by atoms with E-state index in [0.717, 1.165) is 18.8 Å². The van der Waals surface area contributed by atoms with Crippen LogP contribution in [-0.2, 0) is 5.41 Å². The highest BCUT2D eigenvalue weighted by atomic mass is 35.5. The average molecular weight is 312 g/mol. The van der Waals surface area contributed by atoms with E-state index in [1.807, 2.05) is 0 Å². The molecule has 1 aliphatic heterocycles. The number of piperidine rings is 1. The summed E-state index contributed by atoms with van der Waals surface area (Å²) in [7, 11) is 0. The van der Waals surface area contributed by atoms with E-state index in [9.17, 15) is 0 Å². The van der Waals surface area contributed by atoms with Gasteiger partial charge in [0.1, 0.15) is 5.75 Å². The van der Waals surface area contributed by atoms with E-state index < -0.39 is 0 Å². The molecule has 1 atom stereocenters. The third kappa shape index (κ3) is 5.52. The van der Waals surface area contributed by atoms with Crippen LogP contribution in [0.2, 0.25) is 0 Å². The van der Waals surface area contributed by atoms with Gasteiger partial charge in [0, 0.05) is 6.04 Å². The fourth-order valence-corrected chi connectivity index (χ4v) is 2.84. The van der Waals surface area contributed by atoms with E-state index in [0.29, 0.717) is 6.04 Å². The Hall–Kier alpha value is -0.730. The zero-order valence-corrected chi connectivity index (χ0v) is 14.7. The number of hydrogen-bond donors (Lipinski definition) is 1. The van der Waals surface area contributed by atoms with Crippen LogP contribution in [0.4, 0.5) is 0 Å². The van der Waals surface area contributed by atoms with Crippen molar-refractivity contribution in [2.24, 2.45) is 0 Å². The molecule has 0 radical (unpaired) electrons. The molecule has 0 aromatic heterocycles. The quantitative estimate of drug-likeness (QED) is 0.875. The van der Waals surface area contributed by atoms with E-state index in [-0.39, 0.29) is 17.8 Å². The molecule has 0 amide bonds. The number of aryl methyl sites for hydroxylation is 1. The lowest BCUT2D eigenvalue weighted by atomic mass is 9.85. The van der Waals surface area contributed by atoms with Crippen LogP contribution in [0.25, 0.3) is 0 Å². The van der Waals surface area contributed by atoms with Crippen molar-refractivity contribution >= 4 is 12.4 Å². The van der Waals surface area contributed by atoms with Gasteiger partial charge >= 0.3 is 0 Å². The molecule has 0 spiro atoms. The molecule has 0 aliphatic carbocycles. The fourth-order valence-electron chi connectivity index (χ4n) is 2.84. The van der Waals surface area contributed by atoms with Crippen LogP contribution in [0.15, 0.2) is 18.2 Å². The largest absolute Gasteiger partial charge is 0.493 e. The highest BCUT2D eigenvalue weighted by Gasteiger charge is 2.19. The first-order chi connectivity index (χ1) is 9.47. The third-order valence-corrected chi connectivity index (χ3v) is 4.08. The third-order valence-electron chi connectivity index (χ3n) is 4.08. The first-order valence-electron chi connectivity index (χ1n) is 7.94. The first kappa shape index (κ1) is 18.3. The molecule has 2 rings (SSSR count). The van der Waals surface area contributed by atoms with Crippen LogP contribution in [0.1, 0.15) is 57.6 Å². The number of rotatable bonds is 4. The van der Waals surface area contributed by atoms with Crippen LogP contribution >= 0.6 is 12.4 Å². The molecule has 1 aromatic carbocycles. The van der Waals surface area contributed by atoms with E-state index in [1.54, 1.807) is 0 Å². The molecule has 0 bridgehead atoms. The van der Waals surface area contributed by atoms with Crippen molar-refractivity contribution < 1.29 is 4.74 Å². The van der Waals surface area contributed by atoms with Crippen molar-refractivity contribution in [3.63, 3.8) is 0 Å². The second kappa shape index (κ2) is 8.05. The minimum absolute atomic E-state index is 0. The van der Waals surface area contributed by atoms with Gasteiger partial charge in [-0.2, -0.15) is 0 Å². The Morgan fingerprint density at radius 1 is 1.24 bits per heavy atom. The Kier molecular flexibility index (Phi) is 7.02. The lowest BCUT2D eigenvalue weighted by Crippen LogP contribution is -2.35. The molecule has 1 N–H and O–H groups in total. The predicted molar refractivity (Wildman–Crippen MR) is 92.9 cm³/mol. The molecule has 120 valence electrons. The fraction of sp³-hybridized carbons (Fsp3) is 0.667. The summed E-state index contributed by atoms with van der Waals surface area (Å²) in [6.07, 6.45) is 5.08. The smallest absolute Gasteiger partial charge is 0.123 e. The second-order valence-corrected chi connectivity index (χ2v) is 7.03. The summed E-state index contributed by atoms with van der Waals surface area (Å²) in [4.78, 5) is 0. The maximum Gasteiger partial charge on any atom is 0.123 e. The van der Waals surface area contributed by atoms with Gasteiger partial charge in [0.25, 0.3) is 0 Å². The standard InChI is InChI=1S/C18H29NO.ClH/c1-14-8-9-17(16(13-14)18(2,3)4)20-12-10-15-7-5-6-11-19-15;/h8-9,13,15,19H,5-7,10-12H2,1-4H3;1H. The summed E-state index contributed by atoms with van der Waals surface area (Å²) in [6.45, 7) is 10.9. The van der Waals surface area contributed by atoms with Gasteiger partial charge in [-0.1, -0.05) is 44.9 Å². The topological polar surface area (TPSA) is 21.3 Å². The number of hydrogen-bond acceptors (Lipinski definition) is 2. The SMILES string of the molecule is Cc1ccc(OCCC2CCCCN2)c(C(C)(C)C)c1.Cl. The molecule has 3 heteroatoms. The molecule has 2 nitrogen and oxygen atoms in total. The van der Waals surface area contributed by atoms with E-state index in [4.69, 9.17) is 4.74 Å². The van der Waals surface area contributed by atoms with Crippen molar-refractivity contribution in [3.8, 4) is 5.75 Å². The van der Waals surface area contributed by atoms with Crippen LogP contribution in [-0.4, -0.2) is 19.2 Å². The van der Waals surface area contributed by atoms with Crippen LogP contribution in [0.5, 0.6) is 5.75 Å². The van der Waals surface area contributed by atoms with Crippen LogP contribution < -0.4 is 10.1 Å². The summed E-state index contributed by atoms with van der Waals surface area (Å²) in [5.74, 6) is 1.05. The summed E-state index contributed by atoms with van der Waals surface area (Å²) in [5, 5.41) is 3.58. The zero-order chi connectivity index (χ0) is 14.6. The van der Waals surface area contributed by atoms with Gasteiger partial charge in [-0.15, -0.1) is 12.4 Å². The minimum Gasteiger partial charge on any atom is -0.493 e. The normalized spacial score (nSPS) is 19.0. The first-order valence-corrected chi connectivity index (χ1v) is 7.94. The van der Waals surface area contributed by atoms with Crippen LogP contribution in [0, 0.1) is 6.92 Å². The molecule has 1 aliphatic rings. The van der Waals surface area contributed by atoms with Gasteiger partial charge < -0.3 is 10.1 Å². The molecular weight excluding hydrogens is 282 g/mol. The highest BCUT2D eigenvalue weighted by molar-refractivity contribution is 5.85. The van der Waals surface area contributed by atoms with Gasteiger partial charge in [0.15, 0.2) is 0 Å².